The molecule has 0 bridgehead atoms. The molecule has 1 aromatic carbocycles. The number of anilines is 1. The van der Waals surface area contributed by atoms with Crippen LogP contribution in [0.2, 0.25) is 0 Å². The summed E-state index contributed by atoms with van der Waals surface area (Å²) in [4.78, 5) is 22.2. The van der Waals surface area contributed by atoms with Gasteiger partial charge in [0.15, 0.2) is 0 Å². The second-order valence-electron chi connectivity index (χ2n) is 5.89. The van der Waals surface area contributed by atoms with E-state index < -0.39 is 0 Å². The lowest BCUT2D eigenvalue weighted by Gasteiger charge is -2.32. The van der Waals surface area contributed by atoms with E-state index in [0.29, 0.717) is 12.3 Å². The quantitative estimate of drug-likeness (QED) is 0.697. The monoisotopic (exact) mass is 294 g/mol. The molecule has 1 saturated heterocycles. The number of piperidine rings is 1. The lowest BCUT2D eigenvalue weighted by atomic mass is 9.94. The van der Waals surface area contributed by atoms with Gasteiger partial charge in [-0.15, -0.1) is 0 Å². The number of para-hydroxylation sites is 2. The maximum absolute atomic E-state index is 10.6. The topological polar surface area (TPSA) is 50.5 Å². The average molecular weight is 294 g/mol. The number of fused-ring (bicyclic) bond motifs is 3. The van der Waals surface area contributed by atoms with Gasteiger partial charge in [-0.25, -0.2) is 4.98 Å². The maximum Gasteiger partial charge on any atom is 0.236 e. The van der Waals surface area contributed by atoms with E-state index in [1.54, 1.807) is 0 Å². The molecule has 3 heterocycles. The summed E-state index contributed by atoms with van der Waals surface area (Å²) in [7, 11) is 0. The van der Waals surface area contributed by atoms with Gasteiger partial charge in [0.2, 0.25) is 5.78 Å². The van der Waals surface area contributed by atoms with Crippen LogP contribution in [0.5, 0.6) is 0 Å². The van der Waals surface area contributed by atoms with Gasteiger partial charge in [-0.2, -0.15) is 4.98 Å². The first kappa shape index (κ1) is 13.2. The van der Waals surface area contributed by atoms with Crippen molar-refractivity contribution in [1.82, 2.24) is 14.4 Å². The molecule has 0 atom stereocenters. The number of imidazole rings is 1. The van der Waals surface area contributed by atoms with Crippen LogP contribution in [0.15, 0.2) is 36.5 Å². The number of carbonyl (C=O) groups is 1. The highest BCUT2D eigenvalue weighted by Crippen LogP contribution is 2.24. The van der Waals surface area contributed by atoms with Crippen LogP contribution in [0.3, 0.4) is 0 Å². The highest BCUT2D eigenvalue weighted by Gasteiger charge is 2.20. The van der Waals surface area contributed by atoms with Gasteiger partial charge in [-0.1, -0.05) is 12.1 Å². The van der Waals surface area contributed by atoms with Crippen LogP contribution in [0.25, 0.3) is 16.8 Å². The molecule has 0 aliphatic carbocycles. The summed E-state index contributed by atoms with van der Waals surface area (Å²) < 4.78 is 2.03. The molecule has 0 radical (unpaired) electrons. The molecule has 0 unspecified atom stereocenters. The fraction of sp³-hybridized carbons (Fsp3) is 0.353. The molecule has 3 aromatic rings. The number of carbonyl (C=O) groups excluding carboxylic acids is 1. The fourth-order valence-electron chi connectivity index (χ4n) is 3.25. The SMILES string of the molecule is O=CCC1CCN(c2ccn3c(n2)nc2ccccc23)CC1. The first-order valence-corrected chi connectivity index (χ1v) is 7.77. The molecule has 0 amide bonds. The Morgan fingerprint density at radius 1 is 1.14 bits per heavy atom. The molecule has 5 nitrogen and oxygen atoms in total. The van der Waals surface area contributed by atoms with Crippen LogP contribution in [0.4, 0.5) is 5.82 Å². The zero-order valence-corrected chi connectivity index (χ0v) is 12.4. The van der Waals surface area contributed by atoms with Crippen molar-refractivity contribution in [3.8, 4) is 0 Å². The van der Waals surface area contributed by atoms with Crippen molar-refractivity contribution < 1.29 is 4.79 Å². The van der Waals surface area contributed by atoms with Gasteiger partial charge in [0, 0.05) is 25.7 Å². The van der Waals surface area contributed by atoms with E-state index in [9.17, 15) is 4.79 Å². The molecule has 1 aliphatic heterocycles. The van der Waals surface area contributed by atoms with Gasteiger partial charge in [0.1, 0.15) is 12.1 Å². The van der Waals surface area contributed by atoms with Gasteiger partial charge in [-0.3, -0.25) is 4.40 Å². The minimum Gasteiger partial charge on any atom is -0.356 e. The van der Waals surface area contributed by atoms with Crippen LogP contribution in [0, 0.1) is 5.92 Å². The molecule has 0 saturated carbocycles. The molecular weight excluding hydrogens is 276 g/mol. The third-order valence-electron chi connectivity index (χ3n) is 4.53. The zero-order valence-electron chi connectivity index (χ0n) is 12.4. The second-order valence-corrected chi connectivity index (χ2v) is 5.89. The third kappa shape index (κ3) is 2.22. The standard InChI is InChI=1S/C17H18N4O/c22-12-8-13-5-9-20(10-6-13)16-7-11-21-15-4-2-1-3-14(15)18-17(21)19-16/h1-4,7,11-13H,5-6,8-10H2. The number of rotatable bonds is 3. The van der Waals surface area contributed by atoms with E-state index >= 15 is 0 Å². The number of aldehydes is 1. The molecule has 1 aliphatic rings. The number of aromatic nitrogens is 3. The van der Waals surface area contributed by atoms with Gasteiger partial charge in [0.25, 0.3) is 0 Å². The van der Waals surface area contributed by atoms with Crippen molar-refractivity contribution in [1.29, 1.82) is 0 Å². The van der Waals surface area contributed by atoms with Crippen molar-refractivity contribution in [3.05, 3.63) is 36.5 Å². The fourth-order valence-corrected chi connectivity index (χ4v) is 3.25. The van der Waals surface area contributed by atoms with Crippen molar-refractivity contribution >= 4 is 28.9 Å². The van der Waals surface area contributed by atoms with Gasteiger partial charge in [0.05, 0.1) is 11.0 Å². The van der Waals surface area contributed by atoms with E-state index in [-0.39, 0.29) is 0 Å². The Labute approximate surface area is 128 Å². The van der Waals surface area contributed by atoms with Crippen LogP contribution in [-0.2, 0) is 4.79 Å². The van der Waals surface area contributed by atoms with E-state index in [1.807, 2.05) is 28.8 Å². The zero-order chi connectivity index (χ0) is 14.9. The summed E-state index contributed by atoms with van der Waals surface area (Å²) in [5, 5.41) is 0. The van der Waals surface area contributed by atoms with E-state index in [1.165, 1.54) is 0 Å². The highest BCUT2D eigenvalue weighted by atomic mass is 16.1. The molecular formula is C17H18N4O. The van der Waals surface area contributed by atoms with Gasteiger partial charge in [-0.05, 0) is 37.0 Å². The summed E-state index contributed by atoms with van der Waals surface area (Å²) in [5.41, 5.74) is 2.05. The summed E-state index contributed by atoms with van der Waals surface area (Å²) >= 11 is 0. The minimum atomic E-state index is 0.534. The molecule has 22 heavy (non-hydrogen) atoms. The van der Waals surface area contributed by atoms with Crippen LogP contribution in [0.1, 0.15) is 19.3 Å². The number of nitrogens with zero attached hydrogens (tertiary/aromatic N) is 4. The lowest BCUT2D eigenvalue weighted by Crippen LogP contribution is -2.34. The largest absolute Gasteiger partial charge is 0.356 e. The van der Waals surface area contributed by atoms with Crippen molar-refractivity contribution in [2.24, 2.45) is 5.92 Å². The Morgan fingerprint density at radius 3 is 2.77 bits per heavy atom. The predicted molar refractivity (Wildman–Crippen MR) is 86.1 cm³/mol. The van der Waals surface area contributed by atoms with Crippen LogP contribution < -0.4 is 4.90 Å². The Bertz CT molecular complexity index is 818. The molecule has 2 aromatic heterocycles. The Balaban J connectivity index is 1.63. The summed E-state index contributed by atoms with van der Waals surface area (Å²) in [5.74, 6) is 2.26. The van der Waals surface area contributed by atoms with Gasteiger partial charge >= 0.3 is 0 Å². The van der Waals surface area contributed by atoms with E-state index in [2.05, 4.69) is 22.0 Å². The highest BCUT2D eigenvalue weighted by molar-refractivity contribution is 5.79. The van der Waals surface area contributed by atoms with Crippen molar-refractivity contribution in [2.45, 2.75) is 19.3 Å². The normalized spacial score (nSPS) is 16.5. The Hall–Kier alpha value is -2.43. The van der Waals surface area contributed by atoms with Gasteiger partial charge < -0.3 is 9.69 Å². The second kappa shape index (κ2) is 5.40. The minimum absolute atomic E-state index is 0.534. The Morgan fingerprint density at radius 2 is 1.95 bits per heavy atom. The first-order valence-electron chi connectivity index (χ1n) is 7.77. The third-order valence-corrected chi connectivity index (χ3v) is 4.53. The first-order chi connectivity index (χ1) is 10.8. The molecule has 5 heteroatoms. The number of hydrogen-bond donors (Lipinski definition) is 0. The number of benzene rings is 1. The van der Waals surface area contributed by atoms with Crippen LogP contribution >= 0.6 is 0 Å². The average Bonchev–Trinajstić information content (AvgIpc) is 2.93. The molecule has 0 N–H and O–H groups in total. The lowest BCUT2D eigenvalue weighted by molar-refractivity contribution is -0.108. The van der Waals surface area contributed by atoms with E-state index in [4.69, 9.17) is 4.98 Å². The maximum atomic E-state index is 10.6. The number of hydrogen-bond acceptors (Lipinski definition) is 4. The Kier molecular flexibility index (Phi) is 3.25. The summed E-state index contributed by atoms with van der Waals surface area (Å²) in [6.45, 7) is 1.92. The smallest absolute Gasteiger partial charge is 0.236 e. The predicted octanol–water partition coefficient (Wildman–Crippen LogP) is 2.69. The molecule has 112 valence electrons. The van der Waals surface area contributed by atoms with E-state index in [0.717, 1.165) is 54.8 Å². The molecule has 1 fully saturated rings. The molecule has 4 rings (SSSR count). The summed E-state index contributed by atoms with van der Waals surface area (Å²) in [6, 6.07) is 10.1. The van der Waals surface area contributed by atoms with Crippen molar-refractivity contribution in [3.63, 3.8) is 0 Å². The molecule has 0 spiro atoms. The van der Waals surface area contributed by atoms with Crippen molar-refractivity contribution in [2.75, 3.05) is 18.0 Å². The summed E-state index contributed by atoms with van der Waals surface area (Å²) in [6.07, 6.45) is 5.89. The van der Waals surface area contributed by atoms with Crippen LogP contribution in [-0.4, -0.2) is 33.7 Å².